The number of hydrogen-bond acceptors (Lipinski definition) is 2. The molecule has 0 aliphatic carbocycles. The molecule has 0 spiro atoms. The largest absolute Gasteiger partial charge is 0.462 e. The molecule has 0 radical (unpaired) electrons. The van der Waals surface area contributed by atoms with Gasteiger partial charge in [-0.3, -0.25) is 0 Å². The molecule has 0 saturated heterocycles. The Labute approximate surface area is 116 Å². The van der Waals surface area contributed by atoms with Crippen LogP contribution in [0.1, 0.15) is 6.92 Å². The molecule has 0 fully saturated rings. The second-order valence-corrected chi connectivity index (χ2v) is 5.69. The Morgan fingerprint density at radius 1 is 1.00 bits per heavy atom. The van der Waals surface area contributed by atoms with Crippen LogP contribution in [0.5, 0.6) is 0 Å². The van der Waals surface area contributed by atoms with Gasteiger partial charge in [0, 0.05) is 9.79 Å². The maximum atomic E-state index is 11.7. The van der Waals surface area contributed by atoms with Gasteiger partial charge in [0.25, 0.3) is 0 Å². The fourth-order valence-corrected chi connectivity index (χ4v) is 3.38. The topological polar surface area (TPSA) is 26.3 Å². The van der Waals surface area contributed by atoms with Crippen LogP contribution in [0.2, 0.25) is 0 Å². The molecule has 0 heterocycles. The average molecular weight is 272 g/mol. The van der Waals surface area contributed by atoms with Crippen LogP contribution in [0.3, 0.4) is 0 Å². The average Bonchev–Trinajstić information content (AvgIpc) is 2.47. The van der Waals surface area contributed by atoms with E-state index < -0.39 is 0 Å². The van der Waals surface area contributed by atoms with Gasteiger partial charge in [-0.05, 0) is 31.2 Å². The zero-order valence-electron chi connectivity index (χ0n) is 10.8. The van der Waals surface area contributed by atoms with E-state index in [2.05, 4.69) is 0 Å². The maximum absolute atomic E-state index is 11.7. The highest BCUT2D eigenvalue weighted by Gasteiger charge is 2.06. The summed E-state index contributed by atoms with van der Waals surface area (Å²) in [5.41, 5.74) is 0. The lowest BCUT2D eigenvalue weighted by atomic mass is 10.4. The molecule has 0 N–H and O–H groups in total. The van der Waals surface area contributed by atoms with E-state index in [1.807, 2.05) is 67.6 Å². The van der Waals surface area contributed by atoms with Crippen LogP contribution in [0.25, 0.3) is 0 Å². The van der Waals surface area contributed by atoms with Crippen molar-refractivity contribution >= 4 is 21.8 Å². The smallest absolute Gasteiger partial charge is 0.337 e. The van der Waals surface area contributed by atoms with Gasteiger partial charge in [0.2, 0.25) is 0 Å². The third-order valence-electron chi connectivity index (χ3n) is 2.49. The minimum Gasteiger partial charge on any atom is -0.462 e. The monoisotopic (exact) mass is 272 g/mol. The van der Waals surface area contributed by atoms with Gasteiger partial charge in [0.1, 0.15) is 0 Å². The van der Waals surface area contributed by atoms with Crippen LogP contribution in [0.4, 0.5) is 0 Å². The number of carbonyl (C=O) groups is 1. The van der Waals surface area contributed by atoms with Gasteiger partial charge in [0.05, 0.1) is 12.0 Å². The fourth-order valence-electron chi connectivity index (χ4n) is 1.68. The Hall–Kier alpha value is -1.87. The molecule has 0 aromatic heterocycles. The lowest BCUT2D eigenvalue weighted by Crippen LogP contribution is -2.05. The minimum atomic E-state index is -0.382. The van der Waals surface area contributed by atoms with E-state index in [0.717, 1.165) is 9.79 Å². The molecule has 0 atom stereocenters. The predicted octanol–water partition coefficient (Wildman–Crippen LogP) is 3.74. The first-order valence-corrected chi connectivity index (χ1v) is 7.45. The number of esters is 1. The summed E-state index contributed by atoms with van der Waals surface area (Å²) in [6.07, 6.45) is 0. The van der Waals surface area contributed by atoms with Gasteiger partial charge in [-0.25, -0.2) is 4.79 Å². The highest BCUT2D eigenvalue weighted by Crippen LogP contribution is 2.34. The molecule has 0 amide bonds. The first-order chi connectivity index (χ1) is 9.31. The van der Waals surface area contributed by atoms with Crippen molar-refractivity contribution in [2.24, 2.45) is 0 Å². The van der Waals surface area contributed by atoms with E-state index in [1.54, 1.807) is 5.37 Å². The van der Waals surface area contributed by atoms with Crippen molar-refractivity contribution in [2.45, 2.75) is 16.7 Å². The first kappa shape index (κ1) is 13.6. The zero-order valence-corrected chi connectivity index (χ0v) is 11.6. The van der Waals surface area contributed by atoms with Crippen molar-refractivity contribution in [1.29, 1.82) is 0 Å². The molecular weight excluding hydrogens is 256 g/mol. The van der Waals surface area contributed by atoms with Crippen LogP contribution in [-0.4, -0.2) is 17.9 Å². The maximum Gasteiger partial charge on any atom is 0.337 e. The molecule has 0 unspecified atom stereocenters. The SMILES string of the molecule is CCOC(=O)C=S(c1ccccc1)c1ccccc1. The molecule has 0 aliphatic heterocycles. The van der Waals surface area contributed by atoms with Crippen molar-refractivity contribution in [3.63, 3.8) is 0 Å². The standard InChI is InChI=1S/C16H16O2S/c1-2-18-16(17)13-19(14-9-5-3-6-10-14)15-11-7-4-8-12-15/h3-13H,2H2,1H3. The van der Waals surface area contributed by atoms with Crippen molar-refractivity contribution in [3.05, 3.63) is 60.7 Å². The molecule has 2 rings (SSSR count). The normalized spacial score (nSPS) is 10.2. The lowest BCUT2D eigenvalue weighted by Gasteiger charge is -2.09. The van der Waals surface area contributed by atoms with Gasteiger partial charge in [-0.15, -0.1) is 10.5 Å². The van der Waals surface area contributed by atoms with Crippen LogP contribution >= 0.6 is 10.5 Å². The Kier molecular flexibility index (Phi) is 4.93. The van der Waals surface area contributed by atoms with E-state index >= 15 is 0 Å². The van der Waals surface area contributed by atoms with Gasteiger partial charge >= 0.3 is 5.97 Å². The number of ether oxygens (including phenoxy) is 1. The van der Waals surface area contributed by atoms with E-state index in [4.69, 9.17) is 4.74 Å². The summed E-state index contributed by atoms with van der Waals surface area (Å²) < 4.78 is 5.03. The molecule has 2 nitrogen and oxygen atoms in total. The van der Waals surface area contributed by atoms with E-state index in [1.165, 1.54) is 0 Å². The molecule has 19 heavy (non-hydrogen) atoms. The summed E-state index contributed by atoms with van der Waals surface area (Å²) >= 11 is 0. The summed E-state index contributed by atoms with van der Waals surface area (Å²) in [5.74, 6) is -0.265. The van der Waals surface area contributed by atoms with Gasteiger partial charge in [-0.1, -0.05) is 36.4 Å². The summed E-state index contributed by atoms with van der Waals surface area (Å²) in [5, 5.41) is 1.66. The molecule has 2 aromatic rings. The number of hydrogen-bond donors (Lipinski definition) is 0. The molecule has 2 aromatic carbocycles. The Balaban J connectivity index is 2.43. The third kappa shape index (κ3) is 3.80. The number of rotatable bonds is 4. The van der Waals surface area contributed by atoms with Crippen LogP contribution in [-0.2, 0) is 9.53 Å². The second-order valence-electron chi connectivity index (χ2n) is 3.83. The molecule has 0 aliphatic rings. The third-order valence-corrected chi connectivity index (χ3v) is 4.48. The van der Waals surface area contributed by atoms with Gasteiger partial charge in [-0.2, -0.15) is 0 Å². The highest BCUT2D eigenvalue weighted by atomic mass is 32.2. The van der Waals surface area contributed by atoms with E-state index in [-0.39, 0.29) is 16.5 Å². The molecule has 0 bridgehead atoms. The molecular formula is C16H16O2S. The molecule has 0 saturated carbocycles. The van der Waals surface area contributed by atoms with E-state index in [9.17, 15) is 4.79 Å². The highest BCUT2D eigenvalue weighted by molar-refractivity contribution is 8.16. The Bertz CT molecular complexity index is 520. The van der Waals surface area contributed by atoms with Crippen LogP contribution in [0.15, 0.2) is 70.5 Å². The van der Waals surface area contributed by atoms with Gasteiger partial charge in [0.15, 0.2) is 0 Å². The first-order valence-electron chi connectivity index (χ1n) is 6.16. The minimum absolute atomic E-state index is 0.265. The molecule has 3 heteroatoms. The fraction of sp³-hybridized carbons (Fsp3) is 0.125. The van der Waals surface area contributed by atoms with Crippen molar-refractivity contribution in [1.82, 2.24) is 0 Å². The lowest BCUT2D eigenvalue weighted by molar-refractivity contribution is -0.134. The summed E-state index contributed by atoms with van der Waals surface area (Å²) in [7, 11) is -0.382. The summed E-state index contributed by atoms with van der Waals surface area (Å²) in [4.78, 5) is 14.0. The number of benzene rings is 2. The number of carbonyl (C=O) groups excluding carboxylic acids is 1. The van der Waals surface area contributed by atoms with Crippen molar-refractivity contribution in [3.8, 4) is 0 Å². The predicted molar refractivity (Wildman–Crippen MR) is 79.7 cm³/mol. The van der Waals surface area contributed by atoms with E-state index in [0.29, 0.717) is 6.61 Å². The molecule has 98 valence electrons. The van der Waals surface area contributed by atoms with Crippen molar-refractivity contribution < 1.29 is 9.53 Å². The summed E-state index contributed by atoms with van der Waals surface area (Å²) in [6, 6.07) is 20.0. The quantitative estimate of drug-likeness (QED) is 0.626. The Morgan fingerprint density at radius 3 is 1.89 bits per heavy atom. The van der Waals surface area contributed by atoms with Crippen LogP contribution < -0.4 is 0 Å². The second kappa shape index (κ2) is 6.90. The summed E-state index contributed by atoms with van der Waals surface area (Å²) in [6.45, 7) is 2.21. The van der Waals surface area contributed by atoms with Gasteiger partial charge < -0.3 is 4.74 Å². The van der Waals surface area contributed by atoms with Crippen LogP contribution in [0, 0.1) is 0 Å². The zero-order chi connectivity index (χ0) is 13.5. The Morgan fingerprint density at radius 2 is 1.47 bits per heavy atom. The van der Waals surface area contributed by atoms with Crippen molar-refractivity contribution in [2.75, 3.05) is 6.61 Å².